The Hall–Kier alpha value is -0.200. The predicted molar refractivity (Wildman–Crippen MR) is 46.4 cm³/mol. The summed E-state index contributed by atoms with van der Waals surface area (Å²) in [6.07, 6.45) is 0.861. The average Bonchev–Trinajstić information content (AvgIpc) is 2.03. The van der Waals surface area contributed by atoms with Gasteiger partial charge < -0.3 is 4.74 Å². The van der Waals surface area contributed by atoms with Crippen LogP contribution in [0.15, 0.2) is 0 Å². The molecule has 6 heteroatoms. The highest BCUT2D eigenvalue weighted by Crippen LogP contribution is 2.31. The van der Waals surface area contributed by atoms with Crippen molar-refractivity contribution in [2.75, 3.05) is 25.6 Å². The van der Waals surface area contributed by atoms with E-state index < -0.39 is 22.1 Å². The van der Waals surface area contributed by atoms with Gasteiger partial charge in [-0.3, -0.25) is 4.39 Å². The van der Waals surface area contributed by atoms with Crippen molar-refractivity contribution in [2.45, 2.75) is 12.8 Å². The third-order valence-electron chi connectivity index (χ3n) is 2.34. The van der Waals surface area contributed by atoms with Crippen LogP contribution in [-0.4, -0.2) is 34.1 Å². The molecule has 13 heavy (non-hydrogen) atoms. The Kier molecular flexibility index (Phi) is 3.26. The zero-order chi connectivity index (χ0) is 9.95. The minimum Gasteiger partial charge on any atom is -0.381 e. The number of hydrogen-bond donors (Lipinski definition) is 1. The summed E-state index contributed by atoms with van der Waals surface area (Å²) >= 11 is 0. The molecule has 4 nitrogen and oxygen atoms in total. The lowest BCUT2D eigenvalue weighted by atomic mass is 9.84. The summed E-state index contributed by atoms with van der Waals surface area (Å²) in [7, 11) is -3.59. The summed E-state index contributed by atoms with van der Waals surface area (Å²) in [5, 5.41) is 4.89. The molecule has 0 aromatic heterocycles. The average molecular weight is 211 g/mol. The van der Waals surface area contributed by atoms with Crippen LogP contribution in [0, 0.1) is 5.41 Å². The summed E-state index contributed by atoms with van der Waals surface area (Å²) in [4.78, 5) is 0. The lowest BCUT2D eigenvalue weighted by molar-refractivity contribution is 0.0136. The normalized spacial score (nSPS) is 22.9. The number of sulfonamides is 1. The summed E-state index contributed by atoms with van der Waals surface area (Å²) < 4.78 is 39.4. The van der Waals surface area contributed by atoms with Gasteiger partial charge in [-0.05, 0) is 12.8 Å². The Morgan fingerprint density at radius 1 is 1.38 bits per heavy atom. The Morgan fingerprint density at radius 3 is 2.31 bits per heavy atom. The minimum atomic E-state index is -3.59. The molecule has 1 fully saturated rings. The van der Waals surface area contributed by atoms with Crippen LogP contribution in [0.1, 0.15) is 12.8 Å². The fourth-order valence-corrected chi connectivity index (χ4v) is 2.77. The molecule has 0 aromatic rings. The van der Waals surface area contributed by atoms with E-state index in [0.29, 0.717) is 26.1 Å². The Morgan fingerprint density at radius 2 is 1.92 bits per heavy atom. The van der Waals surface area contributed by atoms with Crippen LogP contribution in [0.4, 0.5) is 4.39 Å². The smallest absolute Gasteiger partial charge is 0.209 e. The summed E-state index contributed by atoms with van der Waals surface area (Å²) in [6.45, 7) is 0.186. The third kappa shape index (κ3) is 3.21. The maximum absolute atomic E-state index is 12.7. The number of rotatable bonds is 3. The Bertz CT molecular complexity index is 259. The van der Waals surface area contributed by atoms with Gasteiger partial charge in [0, 0.05) is 18.6 Å². The number of hydrogen-bond acceptors (Lipinski definition) is 3. The van der Waals surface area contributed by atoms with E-state index in [4.69, 9.17) is 9.88 Å². The number of ether oxygens (including phenoxy) is 1. The molecule has 0 saturated carbocycles. The highest BCUT2D eigenvalue weighted by Gasteiger charge is 2.36. The van der Waals surface area contributed by atoms with Crippen LogP contribution in [-0.2, 0) is 14.8 Å². The maximum atomic E-state index is 12.7. The van der Waals surface area contributed by atoms with Gasteiger partial charge in [0.2, 0.25) is 10.0 Å². The van der Waals surface area contributed by atoms with Gasteiger partial charge in [0.15, 0.2) is 0 Å². The molecule has 0 amide bonds. The number of nitrogens with two attached hydrogens (primary N) is 1. The topological polar surface area (TPSA) is 69.4 Å². The van der Waals surface area contributed by atoms with Gasteiger partial charge in [-0.15, -0.1) is 0 Å². The summed E-state index contributed by atoms with van der Waals surface area (Å²) in [5.41, 5.74) is -0.800. The molecule has 1 aliphatic heterocycles. The number of primary sulfonamides is 1. The monoisotopic (exact) mass is 211 g/mol. The zero-order valence-corrected chi connectivity index (χ0v) is 8.15. The van der Waals surface area contributed by atoms with Crippen molar-refractivity contribution >= 4 is 10.0 Å². The van der Waals surface area contributed by atoms with Gasteiger partial charge in [-0.25, -0.2) is 13.6 Å². The fraction of sp³-hybridized carbons (Fsp3) is 1.00. The van der Waals surface area contributed by atoms with E-state index in [1.165, 1.54) is 0 Å². The van der Waals surface area contributed by atoms with Gasteiger partial charge in [-0.1, -0.05) is 0 Å². The standard InChI is InChI=1S/C7H14FNO3S/c8-5-7(6-13(9,10)11)1-3-12-4-2-7/h1-6H2,(H2,9,10,11). The first-order chi connectivity index (χ1) is 5.97. The second-order valence-electron chi connectivity index (χ2n) is 3.55. The van der Waals surface area contributed by atoms with E-state index in [2.05, 4.69) is 0 Å². The van der Waals surface area contributed by atoms with E-state index in [-0.39, 0.29) is 5.75 Å². The first-order valence-electron chi connectivity index (χ1n) is 4.12. The molecule has 2 N–H and O–H groups in total. The van der Waals surface area contributed by atoms with E-state index in [9.17, 15) is 12.8 Å². The molecule has 0 aliphatic carbocycles. The van der Waals surface area contributed by atoms with Crippen LogP contribution >= 0.6 is 0 Å². The van der Waals surface area contributed by atoms with E-state index in [0.717, 1.165) is 0 Å². The van der Waals surface area contributed by atoms with E-state index in [1.54, 1.807) is 0 Å². The Labute approximate surface area is 77.3 Å². The van der Waals surface area contributed by atoms with Crippen molar-refractivity contribution < 1.29 is 17.5 Å². The number of alkyl halides is 1. The molecule has 78 valence electrons. The van der Waals surface area contributed by atoms with Gasteiger partial charge >= 0.3 is 0 Å². The molecular formula is C7H14FNO3S. The third-order valence-corrected chi connectivity index (χ3v) is 3.36. The lowest BCUT2D eigenvalue weighted by Gasteiger charge is -2.33. The van der Waals surface area contributed by atoms with Gasteiger partial charge in [-0.2, -0.15) is 0 Å². The van der Waals surface area contributed by atoms with Crippen LogP contribution < -0.4 is 5.14 Å². The Balaban J connectivity index is 2.68. The van der Waals surface area contributed by atoms with Gasteiger partial charge in [0.1, 0.15) is 0 Å². The second kappa shape index (κ2) is 3.89. The van der Waals surface area contributed by atoms with Gasteiger partial charge in [0.05, 0.1) is 12.4 Å². The zero-order valence-electron chi connectivity index (χ0n) is 7.33. The van der Waals surface area contributed by atoms with Crippen molar-refractivity contribution in [3.63, 3.8) is 0 Å². The van der Waals surface area contributed by atoms with Crippen molar-refractivity contribution in [3.8, 4) is 0 Å². The largest absolute Gasteiger partial charge is 0.381 e. The van der Waals surface area contributed by atoms with Gasteiger partial charge in [0.25, 0.3) is 0 Å². The second-order valence-corrected chi connectivity index (χ2v) is 5.17. The molecule has 1 saturated heterocycles. The van der Waals surface area contributed by atoms with Crippen molar-refractivity contribution in [2.24, 2.45) is 10.6 Å². The van der Waals surface area contributed by atoms with Crippen molar-refractivity contribution in [1.29, 1.82) is 0 Å². The van der Waals surface area contributed by atoms with Crippen molar-refractivity contribution in [3.05, 3.63) is 0 Å². The summed E-state index contributed by atoms with van der Waals surface area (Å²) in [6, 6.07) is 0. The molecule has 1 rings (SSSR count). The van der Waals surface area contributed by atoms with Crippen LogP contribution in [0.2, 0.25) is 0 Å². The lowest BCUT2D eigenvalue weighted by Crippen LogP contribution is -2.40. The maximum Gasteiger partial charge on any atom is 0.209 e. The van der Waals surface area contributed by atoms with Crippen LogP contribution in [0.5, 0.6) is 0 Å². The highest BCUT2D eigenvalue weighted by molar-refractivity contribution is 7.89. The molecular weight excluding hydrogens is 197 g/mol. The molecule has 0 atom stereocenters. The molecule has 0 aromatic carbocycles. The molecule has 0 unspecified atom stereocenters. The number of halogens is 1. The first-order valence-corrected chi connectivity index (χ1v) is 5.83. The van der Waals surface area contributed by atoms with Crippen LogP contribution in [0.3, 0.4) is 0 Å². The SMILES string of the molecule is NS(=O)(=O)CC1(CF)CCOCC1. The molecule has 1 heterocycles. The molecule has 0 radical (unpaired) electrons. The summed E-state index contributed by atoms with van der Waals surface area (Å²) in [5.74, 6) is -0.278. The highest BCUT2D eigenvalue weighted by atomic mass is 32.2. The minimum absolute atomic E-state index is 0.278. The first kappa shape index (κ1) is 10.9. The predicted octanol–water partition coefficient (Wildman–Crippen LogP) is 0.0412. The van der Waals surface area contributed by atoms with Crippen molar-refractivity contribution in [1.82, 2.24) is 0 Å². The van der Waals surface area contributed by atoms with Crippen LogP contribution in [0.25, 0.3) is 0 Å². The quantitative estimate of drug-likeness (QED) is 0.716. The van der Waals surface area contributed by atoms with E-state index >= 15 is 0 Å². The van der Waals surface area contributed by atoms with E-state index in [1.807, 2.05) is 0 Å². The molecule has 1 aliphatic rings. The molecule has 0 bridgehead atoms. The molecule has 0 spiro atoms. The fourth-order valence-electron chi connectivity index (χ4n) is 1.55.